The molecule has 0 heterocycles. The van der Waals surface area contributed by atoms with Gasteiger partial charge in [0.05, 0.1) is 10.5 Å². The number of carbonyl (C=O) groups excluding carboxylic acids is 1. The van der Waals surface area contributed by atoms with Gasteiger partial charge in [-0.2, -0.15) is 0 Å². The van der Waals surface area contributed by atoms with Gasteiger partial charge in [0, 0.05) is 19.2 Å². The van der Waals surface area contributed by atoms with E-state index in [2.05, 4.69) is 6.92 Å². The van der Waals surface area contributed by atoms with Crippen molar-refractivity contribution < 1.29 is 14.8 Å². The van der Waals surface area contributed by atoms with E-state index in [4.69, 9.17) is 0 Å². The number of hydrogen-bond donors (Lipinski definition) is 1. The summed E-state index contributed by atoms with van der Waals surface area (Å²) in [7, 11) is 1.70. The molecule has 0 saturated heterocycles. The number of phenolic OH excluding ortho intramolecular Hbond substituents is 1. The van der Waals surface area contributed by atoms with Gasteiger partial charge in [0.15, 0.2) is 0 Å². The Balaban J connectivity index is 2.20. The number of carbonyl (C=O) groups is 1. The summed E-state index contributed by atoms with van der Waals surface area (Å²) in [5, 5.41) is 20.8. The lowest BCUT2D eigenvalue weighted by Crippen LogP contribution is -2.39. The second-order valence-corrected chi connectivity index (χ2v) is 5.76. The second-order valence-electron chi connectivity index (χ2n) is 5.76. The smallest absolute Gasteiger partial charge is 0.311 e. The van der Waals surface area contributed by atoms with Crippen molar-refractivity contribution in [2.45, 2.75) is 38.6 Å². The predicted molar refractivity (Wildman–Crippen MR) is 78.3 cm³/mol. The number of nitro benzene ring substituents is 1. The minimum absolute atomic E-state index is 0.00896. The van der Waals surface area contributed by atoms with Gasteiger partial charge in [0.2, 0.25) is 5.75 Å². The van der Waals surface area contributed by atoms with Gasteiger partial charge in [-0.25, -0.2) is 0 Å². The summed E-state index contributed by atoms with van der Waals surface area (Å²) in [6, 6.07) is 4.16. The van der Waals surface area contributed by atoms with E-state index >= 15 is 0 Å². The molecule has 1 fully saturated rings. The van der Waals surface area contributed by atoms with Crippen LogP contribution in [0.1, 0.15) is 43.0 Å². The van der Waals surface area contributed by atoms with Crippen molar-refractivity contribution in [2.75, 3.05) is 7.05 Å². The summed E-state index contributed by atoms with van der Waals surface area (Å²) in [5.41, 5.74) is -0.447. The molecule has 1 N–H and O–H groups in total. The predicted octanol–water partition coefficient (Wildman–Crippen LogP) is 2.95. The monoisotopic (exact) mass is 292 g/mol. The number of nitrogens with zero attached hydrogens (tertiary/aromatic N) is 2. The molecule has 0 radical (unpaired) electrons. The zero-order valence-corrected chi connectivity index (χ0v) is 12.3. The maximum absolute atomic E-state index is 12.5. The van der Waals surface area contributed by atoms with Gasteiger partial charge in [-0.15, -0.1) is 0 Å². The Morgan fingerprint density at radius 3 is 2.52 bits per heavy atom. The quantitative estimate of drug-likeness (QED) is 0.685. The fourth-order valence-corrected chi connectivity index (χ4v) is 2.84. The summed E-state index contributed by atoms with van der Waals surface area (Å²) in [6.45, 7) is 2.20. The summed E-state index contributed by atoms with van der Waals surface area (Å²) in [4.78, 5) is 24.2. The van der Waals surface area contributed by atoms with E-state index in [9.17, 15) is 20.0 Å². The molecule has 0 bridgehead atoms. The topological polar surface area (TPSA) is 83.7 Å². The summed E-state index contributed by atoms with van der Waals surface area (Å²) in [6.07, 6.45) is 4.00. The van der Waals surface area contributed by atoms with E-state index in [0.29, 0.717) is 5.92 Å². The van der Waals surface area contributed by atoms with Gasteiger partial charge in [-0.05, 0) is 37.7 Å². The van der Waals surface area contributed by atoms with Crippen molar-refractivity contribution in [3.8, 4) is 5.75 Å². The van der Waals surface area contributed by atoms with Crippen LogP contribution in [0.3, 0.4) is 0 Å². The third-order valence-corrected chi connectivity index (χ3v) is 4.30. The van der Waals surface area contributed by atoms with Crippen molar-refractivity contribution >= 4 is 11.6 Å². The number of rotatable bonds is 3. The van der Waals surface area contributed by atoms with E-state index in [1.807, 2.05) is 0 Å². The first kappa shape index (κ1) is 15.3. The highest BCUT2D eigenvalue weighted by Crippen LogP contribution is 2.32. The van der Waals surface area contributed by atoms with Gasteiger partial charge >= 0.3 is 5.69 Å². The third-order valence-electron chi connectivity index (χ3n) is 4.30. The van der Waals surface area contributed by atoms with Gasteiger partial charge in [-0.1, -0.05) is 13.0 Å². The number of amides is 1. The van der Waals surface area contributed by atoms with Gasteiger partial charge in [0.25, 0.3) is 5.91 Å². The first-order chi connectivity index (χ1) is 9.91. The number of hydrogen-bond acceptors (Lipinski definition) is 4. The number of phenols is 1. The van der Waals surface area contributed by atoms with Crippen molar-refractivity contribution in [2.24, 2.45) is 5.92 Å². The summed E-state index contributed by atoms with van der Waals surface area (Å²) in [5.74, 6) is -0.241. The lowest BCUT2D eigenvalue weighted by molar-refractivity contribution is -0.385. The third kappa shape index (κ3) is 3.15. The van der Waals surface area contributed by atoms with E-state index in [-0.39, 0.29) is 17.5 Å². The molecule has 21 heavy (non-hydrogen) atoms. The van der Waals surface area contributed by atoms with Crippen molar-refractivity contribution in [1.82, 2.24) is 4.90 Å². The molecule has 1 saturated carbocycles. The average Bonchev–Trinajstić information content (AvgIpc) is 2.46. The van der Waals surface area contributed by atoms with Crippen LogP contribution < -0.4 is 0 Å². The Morgan fingerprint density at radius 2 is 1.95 bits per heavy atom. The average molecular weight is 292 g/mol. The first-order valence-corrected chi connectivity index (χ1v) is 7.15. The van der Waals surface area contributed by atoms with E-state index in [0.717, 1.165) is 25.7 Å². The number of para-hydroxylation sites is 1. The molecular weight excluding hydrogens is 272 g/mol. The fourth-order valence-electron chi connectivity index (χ4n) is 2.84. The van der Waals surface area contributed by atoms with Crippen LogP contribution in [-0.4, -0.2) is 33.9 Å². The molecular formula is C15H20N2O4. The molecule has 6 nitrogen and oxygen atoms in total. The molecule has 2 rings (SSSR count). The normalized spacial score (nSPS) is 21.8. The van der Waals surface area contributed by atoms with Gasteiger partial charge in [-0.3, -0.25) is 14.9 Å². The molecule has 1 aromatic carbocycles. The van der Waals surface area contributed by atoms with E-state index < -0.39 is 16.4 Å². The maximum Gasteiger partial charge on any atom is 0.311 e. The highest BCUT2D eigenvalue weighted by molar-refractivity contribution is 5.98. The zero-order valence-electron chi connectivity index (χ0n) is 12.3. The molecule has 114 valence electrons. The Bertz CT molecular complexity index is 551. The minimum atomic E-state index is -0.686. The van der Waals surface area contributed by atoms with Crippen molar-refractivity contribution in [1.29, 1.82) is 0 Å². The van der Waals surface area contributed by atoms with E-state index in [1.54, 1.807) is 11.9 Å². The number of benzene rings is 1. The van der Waals surface area contributed by atoms with E-state index in [1.165, 1.54) is 18.2 Å². The highest BCUT2D eigenvalue weighted by atomic mass is 16.6. The summed E-state index contributed by atoms with van der Waals surface area (Å²) >= 11 is 0. The van der Waals surface area contributed by atoms with Crippen LogP contribution in [0.2, 0.25) is 0 Å². The number of aromatic hydroxyl groups is 1. The van der Waals surface area contributed by atoms with Gasteiger partial charge in [0.1, 0.15) is 0 Å². The molecule has 0 unspecified atom stereocenters. The Labute approximate surface area is 123 Å². The molecule has 0 aromatic heterocycles. The molecule has 1 aliphatic carbocycles. The Morgan fingerprint density at radius 1 is 1.33 bits per heavy atom. The van der Waals surface area contributed by atoms with Crippen LogP contribution in [0, 0.1) is 16.0 Å². The first-order valence-electron chi connectivity index (χ1n) is 7.15. The van der Waals surface area contributed by atoms with Crippen molar-refractivity contribution in [3.63, 3.8) is 0 Å². The number of nitro groups is 1. The van der Waals surface area contributed by atoms with Gasteiger partial charge < -0.3 is 10.0 Å². The molecule has 6 heteroatoms. The van der Waals surface area contributed by atoms with Crippen LogP contribution >= 0.6 is 0 Å². The Kier molecular flexibility index (Phi) is 4.45. The minimum Gasteiger partial charge on any atom is -0.502 e. The molecule has 1 amide bonds. The van der Waals surface area contributed by atoms with Crippen LogP contribution in [-0.2, 0) is 0 Å². The molecule has 1 aliphatic rings. The lowest BCUT2D eigenvalue weighted by atomic mass is 9.86. The molecule has 0 aliphatic heterocycles. The zero-order chi connectivity index (χ0) is 15.6. The fraction of sp³-hybridized carbons (Fsp3) is 0.533. The molecule has 0 atom stereocenters. The lowest BCUT2D eigenvalue weighted by Gasteiger charge is -2.33. The standard InChI is InChI=1S/C15H20N2O4/c1-10-6-8-11(9-7-10)16(2)15(19)12-4-3-5-13(14(12)18)17(20)21/h3-5,10-11,18H,6-9H2,1-2H3. The molecule has 0 spiro atoms. The van der Waals surface area contributed by atoms with Crippen molar-refractivity contribution in [3.05, 3.63) is 33.9 Å². The van der Waals surface area contributed by atoms with Crippen LogP contribution in [0.15, 0.2) is 18.2 Å². The SMILES string of the molecule is CC1CCC(N(C)C(=O)c2cccc([N+](=O)[O-])c2O)CC1. The maximum atomic E-state index is 12.5. The Hall–Kier alpha value is -2.11. The molecule has 1 aromatic rings. The summed E-state index contributed by atoms with van der Waals surface area (Å²) < 4.78 is 0. The van der Waals surface area contributed by atoms with Crippen LogP contribution in [0.25, 0.3) is 0 Å². The second kappa shape index (κ2) is 6.11. The van der Waals surface area contributed by atoms with Crippen LogP contribution in [0.5, 0.6) is 5.75 Å². The largest absolute Gasteiger partial charge is 0.502 e. The van der Waals surface area contributed by atoms with Crippen LogP contribution in [0.4, 0.5) is 5.69 Å². The highest BCUT2D eigenvalue weighted by Gasteiger charge is 2.28.